The van der Waals surface area contributed by atoms with Gasteiger partial charge in [-0.15, -0.1) is 0 Å². The van der Waals surface area contributed by atoms with Gasteiger partial charge in [0.2, 0.25) is 5.91 Å². The average Bonchev–Trinajstić information content (AvgIpc) is 3.16. The van der Waals surface area contributed by atoms with Crippen LogP contribution >= 0.6 is 11.6 Å². The van der Waals surface area contributed by atoms with E-state index in [0.717, 1.165) is 22.4 Å². The minimum Gasteiger partial charge on any atom is -0.496 e. The number of nitrogens with one attached hydrogen (secondary N) is 1. The van der Waals surface area contributed by atoms with E-state index in [9.17, 15) is 9.18 Å². The Labute approximate surface area is 226 Å². The summed E-state index contributed by atoms with van der Waals surface area (Å²) >= 11 is 6.17. The van der Waals surface area contributed by atoms with Crippen molar-refractivity contribution in [2.24, 2.45) is 0 Å². The molecule has 1 N–H and O–H groups in total. The lowest BCUT2D eigenvalue weighted by molar-refractivity contribution is -0.111. The zero-order chi connectivity index (χ0) is 27.2. The monoisotopic (exact) mass is 533 g/mol. The van der Waals surface area contributed by atoms with Crippen LogP contribution in [0.2, 0.25) is 5.02 Å². The van der Waals surface area contributed by atoms with Crippen molar-refractivity contribution < 1.29 is 18.7 Å². The molecule has 0 atom stereocenters. The van der Waals surface area contributed by atoms with Crippen LogP contribution in [0.1, 0.15) is 33.6 Å². The van der Waals surface area contributed by atoms with Gasteiger partial charge in [-0.05, 0) is 68.3 Å². The normalized spacial score (nSPS) is 11.1. The summed E-state index contributed by atoms with van der Waals surface area (Å²) in [6, 6.07) is 18.0. The highest BCUT2D eigenvalue weighted by Crippen LogP contribution is 2.26. The minimum atomic E-state index is -0.401. The summed E-state index contributed by atoms with van der Waals surface area (Å²) in [5, 5.41) is 7.68. The maximum atomic E-state index is 14.3. The van der Waals surface area contributed by atoms with E-state index >= 15 is 0 Å². The quantitative estimate of drug-likeness (QED) is 0.238. The molecular formula is C30H29ClFN3O3. The highest BCUT2D eigenvalue weighted by molar-refractivity contribution is 6.31. The number of aromatic nitrogens is 2. The van der Waals surface area contributed by atoms with Crippen LogP contribution < -0.4 is 14.8 Å². The fraction of sp³-hybridized carbons (Fsp3) is 0.200. The van der Waals surface area contributed by atoms with Crippen LogP contribution in [-0.4, -0.2) is 22.8 Å². The first kappa shape index (κ1) is 26.9. The number of hydrogen-bond donors (Lipinski definition) is 1. The summed E-state index contributed by atoms with van der Waals surface area (Å²) in [7, 11) is 1.61. The number of para-hydroxylation sites is 1. The second kappa shape index (κ2) is 12.0. The van der Waals surface area contributed by atoms with Gasteiger partial charge in [0, 0.05) is 22.2 Å². The van der Waals surface area contributed by atoms with Gasteiger partial charge in [0.25, 0.3) is 0 Å². The van der Waals surface area contributed by atoms with Crippen LogP contribution in [0.5, 0.6) is 11.5 Å². The van der Waals surface area contributed by atoms with Crippen molar-refractivity contribution in [2.75, 3.05) is 12.4 Å². The van der Waals surface area contributed by atoms with E-state index in [-0.39, 0.29) is 12.5 Å². The number of hydrogen-bond acceptors (Lipinski definition) is 4. The van der Waals surface area contributed by atoms with E-state index in [1.807, 2.05) is 56.3 Å². The second-order valence-corrected chi connectivity index (χ2v) is 9.26. The SMILES string of the molecule is COc1ccc(/C=C/C(=O)Nc2c(C)nn(Cc3c(F)cccc3Cl)c2C)cc1COc1ccccc1C. The van der Waals surface area contributed by atoms with Crippen molar-refractivity contribution >= 4 is 29.3 Å². The average molecular weight is 534 g/mol. The van der Waals surface area contributed by atoms with Crippen molar-refractivity contribution in [3.63, 3.8) is 0 Å². The minimum absolute atomic E-state index is 0.156. The summed E-state index contributed by atoms with van der Waals surface area (Å²) in [4.78, 5) is 12.8. The van der Waals surface area contributed by atoms with Gasteiger partial charge < -0.3 is 14.8 Å². The molecule has 1 amide bonds. The van der Waals surface area contributed by atoms with E-state index in [1.165, 1.54) is 12.1 Å². The Bertz CT molecular complexity index is 1480. The zero-order valence-corrected chi connectivity index (χ0v) is 22.5. The third kappa shape index (κ3) is 6.23. The predicted octanol–water partition coefficient (Wildman–Crippen LogP) is 6.89. The number of halogens is 2. The number of amides is 1. The number of carbonyl (C=O) groups excluding carboxylic acids is 1. The van der Waals surface area contributed by atoms with Gasteiger partial charge in [-0.1, -0.05) is 41.9 Å². The molecule has 38 heavy (non-hydrogen) atoms. The van der Waals surface area contributed by atoms with Crippen LogP contribution in [0, 0.1) is 26.6 Å². The van der Waals surface area contributed by atoms with Gasteiger partial charge in [0.05, 0.1) is 30.7 Å². The molecule has 0 fully saturated rings. The number of methoxy groups -OCH3 is 1. The lowest BCUT2D eigenvalue weighted by Gasteiger charge is -2.12. The Kier molecular flexibility index (Phi) is 8.48. The van der Waals surface area contributed by atoms with E-state index in [1.54, 1.807) is 36.9 Å². The molecule has 0 saturated carbocycles. The molecule has 0 aliphatic heterocycles. The highest BCUT2D eigenvalue weighted by atomic mass is 35.5. The molecule has 0 unspecified atom stereocenters. The second-order valence-electron chi connectivity index (χ2n) is 8.85. The lowest BCUT2D eigenvalue weighted by atomic mass is 10.1. The molecule has 4 rings (SSSR count). The van der Waals surface area contributed by atoms with Gasteiger partial charge in [-0.2, -0.15) is 5.10 Å². The topological polar surface area (TPSA) is 65.4 Å². The molecule has 196 valence electrons. The molecule has 8 heteroatoms. The summed E-state index contributed by atoms with van der Waals surface area (Å²) in [6.45, 7) is 6.08. The van der Waals surface area contributed by atoms with Crippen LogP contribution in [0.3, 0.4) is 0 Å². The third-order valence-corrected chi connectivity index (χ3v) is 6.56. The lowest BCUT2D eigenvalue weighted by Crippen LogP contribution is -2.10. The number of aryl methyl sites for hydroxylation is 2. The Morgan fingerprint density at radius 3 is 2.61 bits per heavy atom. The van der Waals surface area contributed by atoms with Crippen molar-refractivity contribution in [1.29, 1.82) is 0 Å². The molecule has 0 radical (unpaired) electrons. The zero-order valence-electron chi connectivity index (χ0n) is 21.7. The molecule has 0 bridgehead atoms. The van der Waals surface area contributed by atoms with Crippen LogP contribution in [0.4, 0.5) is 10.1 Å². The largest absolute Gasteiger partial charge is 0.496 e. The standard InChI is InChI=1S/C30H29ClFN3O3/c1-19-8-5-6-11-27(19)38-18-23-16-22(12-14-28(23)37-4)13-15-29(36)33-30-20(2)34-35(21(30)3)17-24-25(31)9-7-10-26(24)32/h5-16H,17-18H2,1-4H3,(H,33,36)/b15-13+. The number of anilines is 1. The van der Waals surface area contributed by atoms with Crippen LogP contribution in [-0.2, 0) is 17.9 Å². The fourth-order valence-electron chi connectivity index (χ4n) is 4.09. The summed E-state index contributed by atoms with van der Waals surface area (Å²) in [6.07, 6.45) is 3.18. The Balaban J connectivity index is 1.46. The van der Waals surface area contributed by atoms with E-state index in [2.05, 4.69) is 10.4 Å². The molecule has 4 aromatic rings. The van der Waals surface area contributed by atoms with Crippen molar-refractivity contribution in [2.45, 2.75) is 33.9 Å². The first-order valence-electron chi connectivity index (χ1n) is 12.1. The maximum absolute atomic E-state index is 14.3. The van der Waals surface area contributed by atoms with E-state index in [0.29, 0.717) is 40.0 Å². The summed E-state index contributed by atoms with van der Waals surface area (Å²) in [5.41, 5.74) is 4.97. The smallest absolute Gasteiger partial charge is 0.248 e. The Morgan fingerprint density at radius 1 is 1.08 bits per heavy atom. The predicted molar refractivity (Wildman–Crippen MR) is 148 cm³/mol. The first-order chi connectivity index (χ1) is 18.3. The number of benzene rings is 3. The van der Waals surface area contributed by atoms with Crippen molar-refractivity contribution in [3.8, 4) is 11.5 Å². The van der Waals surface area contributed by atoms with Gasteiger partial charge in [-0.25, -0.2) is 4.39 Å². The van der Waals surface area contributed by atoms with Gasteiger partial charge in [0.1, 0.15) is 23.9 Å². The number of nitrogens with zero attached hydrogens (tertiary/aromatic N) is 2. The van der Waals surface area contributed by atoms with Crippen LogP contribution in [0.25, 0.3) is 6.08 Å². The molecule has 3 aromatic carbocycles. The molecule has 0 spiro atoms. The van der Waals surface area contributed by atoms with E-state index < -0.39 is 5.82 Å². The third-order valence-electron chi connectivity index (χ3n) is 6.21. The molecule has 0 aliphatic rings. The van der Waals surface area contributed by atoms with Crippen molar-refractivity contribution in [1.82, 2.24) is 9.78 Å². The first-order valence-corrected chi connectivity index (χ1v) is 12.5. The van der Waals surface area contributed by atoms with Gasteiger partial charge in [0.15, 0.2) is 0 Å². The molecule has 1 heterocycles. The van der Waals surface area contributed by atoms with Gasteiger partial charge in [-0.3, -0.25) is 9.48 Å². The maximum Gasteiger partial charge on any atom is 0.248 e. The molecule has 1 aromatic heterocycles. The number of rotatable bonds is 9. The molecular weight excluding hydrogens is 505 g/mol. The Hall–Kier alpha value is -4.10. The Morgan fingerprint density at radius 2 is 1.87 bits per heavy atom. The highest BCUT2D eigenvalue weighted by Gasteiger charge is 2.16. The molecule has 0 aliphatic carbocycles. The number of carbonyl (C=O) groups is 1. The molecule has 6 nitrogen and oxygen atoms in total. The fourth-order valence-corrected chi connectivity index (χ4v) is 4.31. The molecule has 0 saturated heterocycles. The van der Waals surface area contributed by atoms with Gasteiger partial charge >= 0.3 is 0 Å². The summed E-state index contributed by atoms with van der Waals surface area (Å²) < 4.78 is 27.4. The van der Waals surface area contributed by atoms with E-state index in [4.69, 9.17) is 21.1 Å². The number of ether oxygens (including phenoxy) is 2. The summed E-state index contributed by atoms with van der Waals surface area (Å²) in [5.74, 6) is 0.794. The van der Waals surface area contributed by atoms with Crippen LogP contribution in [0.15, 0.2) is 66.7 Å². The van der Waals surface area contributed by atoms with Crippen molar-refractivity contribution in [3.05, 3.63) is 111 Å².